The van der Waals surface area contributed by atoms with Crippen LogP contribution < -0.4 is 0 Å². The molecule has 0 unspecified atom stereocenters. The molecule has 0 spiro atoms. The van der Waals surface area contributed by atoms with Gasteiger partial charge in [0.2, 0.25) is 0 Å². The molecule has 0 N–H and O–H groups in total. The van der Waals surface area contributed by atoms with Crippen molar-refractivity contribution in [1.82, 2.24) is 0 Å². The predicted octanol–water partition coefficient (Wildman–Crippen LogP) is 0.734. The van der Waals surface area contributed by atoms with Crippen LogP contribution >= 0.6 is 0 Å². The lowest BCUT2D eigenvalue weighted by atomic mass is 10.8. The second kappa shape index (κ2) is 2.31. The molecule has 0 amide bonds. The second-order valence-corrected chi connectivity index (χ2v) is 4.25. The van der Waals surface area contributed by atoms with E-state index in [2.05, 4.69) is 4.36 Å². The minimum absolute atomic E-state index is 0.659. The molecule has 44 valence electrons. The van der Waals surface area contributed by atoms with Crippen molar-refractivity contribution in [3.05, 3.63) is 0 Å². The molecule has 0 aliphatic carbocycles. The fraction of sp³-hybridized carbons (Fsp3) is 1.00. The number of nitrogens with zero attached hydrogens (tertiary/aromatic N) is 1. The van der Waals surface area contributed by atoms with Crippen molar-refractivity contribution >= 4 is 9.73 Å². The smallest absolute Gasteiger partial charge is 0.0455 e. The van der Waals surface area contributed by atoms with Gasteiger partial charge in [-0.15, -0.1) is 0 Å². The summed E-state index contributed by atoms with van der Waals surface area (Å²) in [6.45, 7) is 2.54. The largest absolute Gasteiger partial charge is 0.250 e. The van der Waals surface area contributed by atoms with Crippen molar-refractivity contribution in [3.63, 3.8) is 0 Å². The molecule has 7 heavy (non-hydrogen) atoms. The summed E-state index contributed by atoms with van der Waals surface area (Å²) < 4.78 is 14.4. The third-order valence-corrected chi connectivity index (χ3v) is 1.32. The number of hydrogen-bond donors (Lipinski definition) is 0. The van der Waals surface area contributed by atoms with E-state index >= 15 is 0 Å². The zero-order valence-electron chi connectivity index (χ0n) is 4.97. The first kappa shape index (κ1) is 6.95. The van der Waals surface area contributed by atoms with Gasteiger partial charge >= 0.3 is 0 Å². The first-order valence-corrected chi connectivity index (χ1v) is 4.52. The lowest BCUT2D eigenvalue weighted by molar-refractivity contribution is 0.683. The van der Waals surface area contributed by atoms with Crippen LogP contribution in [0.4, 0.5) is 0 Å². The molecule has 0 saturated heterocycles. The van der Waals surface area contributed by atoms with E-state index in [1.807, 2.05) is 6.92 Å². The summed E-state index contributed by atoms with van der Waals surface area (Å²) in [6.07, 6.45) is 3.27. The van der Waals surface area contributed by atoms with E-state index in [4.69, 9.17) is 0 Å². The Morgan fingerprint density at radius 2 is 2.00 bits per heavy atom. The minimum Gasteiger partial charge on any atom is -0.250 e. The summed E-state index contributed by atoms with van der Waals surface area (Å²) in [5.74, 6) is 0. The highest BCUT2D eigenvalue weighted by Gasteiger charge is 1.81. The standard InChI is InChI=1S/C4H11NOS/c1-4-5-7(2,3)6/h4H2,1-3H3. The SMILES string of the molecule is CCN=S(C)(C)=O. The first-order chi connectivity index (χ1) is 3.06. The van der Waals surface area contributed by atoms with Crippen LogP contribution in [0.5, 0.6) is 0 Å². The van der Waals surface area contributed by atoms with Gasteiger partial charge < -0.3 is 0 Å². The van der Waals surface area contributed by atoms with Gasteiger partial charge in [-0.05, 0) is 6.92 Å². The second-order valence-electron chi connectivity index (χ2n) is 1.63. The maximum absolute atomic E-state index is 10.6. The summed E-state index contributed by atoms with van der Waals surface area (Å²) >= 11 is 0. The number of rotatable bonds is 1. The Labute approximate surface area is 45.1 Å². The lowest BCUT2D eigenvalue weighted by Crippen LogP contribution is -1.90. The average Bonchev–Trinajstić information content (AvgIpc) is 1.30. The molecule has 0 aromatic rings. The monoisotopic (exact) mass is 121 g/mol. The molecule has 0 heterocycles. The Bertz CT molecular complexity index is 136. The third-order valence-electron chi connectivity index (χ3n) is 0.440. The van der Waals surface area contributed by atoms with Gasteiger partial charge in [-0.1, -0.05) is 0 Å². The molecule has 0 atom stereocenters. The summed E-state index contributed by atoms with van der Waals surface area (Å²) in [4.78, 5) is 0. The number of hydrogen-bond acceptors (Lipinski definition) is 2. The Morgan fingerprint density at radius 1 is 1.57 bits per heavy atom. The Hall–Kier alpha value is -0.0500. The Kier molecular flexibility index (Phi) is 2.29. The molecule has 0 aromatic heterocycles. The first-order valence-electron chi connectivity index (χ1n) is 2.19. The highest BCUT2D eigenvalue weighted by Crippen LogP contribution is 1.80. The molecule has 3 heteroatoms. The van der Waals surface area contributed by atoms with Crippen LogP contribution in [0, 0.1) is 0 Å². The zero-order chi connectivity index (χ0) is 5.91. The van der Waals surface area contributed by atoms with Crippen molar-refractivity contribution in [3.8, 4) is 0 Å². The van der Waals surface area contributed by atoms with Gasteiger partial charge in [-0.25, -0.2) is 4.36 Å². The molecule has 0 aliphatic heterocycles. The molecule has 2 nitrogen and oxygen atoms in total. The van der Waals surface area contributed by atoms with Crippen LogP contribution in [0.3, 0.4) is 0 Å². The van der Waals surface area contributed by atoms with Crippen molar-refractivity contribution in [2.24, 2.45) is 4.36 Å². The predicted molar refractivity (Wildman–Crippen MR) is 33.0 cm³/mol. The van der Waals surface area contributed by atoms with E-state index < -0.39 is 9.73 Å². The molecule has 0 aromatic carbocycles. The van der Waals surface area contributed by atoms with Gasteiger partial charge in [-0.3, -0.25) is 4.21 Å². The zero-order valence-corrected chi connectivity index (χ0v) is 5.79. The van der Waals surface area contributed by atoms with Crippen LogP contribution in [-0.2, 0) is 9.73 Å². The Balaban J connectivity index is 4.02. The average molecular weight is 121 g/mol. The van der Waals surface area contributed by atoms with E-state index in [1.165, 1.54) is 0 Å². The molecular formula is C4H11NOS. The van der Waals surface area contributed by atoms with Crippen LogP contribution in [0.15, 0.2) is 4.36 Å². The van der Waals surface area contributed by atoms with E-state index in [9.17, 15) is 4.21 Å². The van der Waals surface area contributed by atoms with Gasteiger partial charge in [0.25, 0.3) is 0 Å². The van der Waals surface area contributed by atoms with Gasteiger partial charge in [0.1, 0.15) is 0 Å². The quantitative estimate of drug-likeness (QED) is 0.503. The molecule has 0 bridgehead atoms. The van der Waals surface area contributed by atoms with Crippen molar-refractivity contribution in [2.45, 2.75) is 6.92 Å². The van der Waals surface area contributed by atoms with Crippen molar-refractivity contribution < 1.29 is 4.21 Å². The highest BCUT2D eigenvalue weighted by atomic mass is 32.2. The molecule has 0 fully saturated rings. The van der Waals surface area contributed by atoms with E-state index in [0.717, 1.165) is 0 Å². The highest BCUT2D eigenvalue weighted by molar-refractivity contribution is 7.92. The molecule has 0 saturated carbocycles. The normalized spacial score (nSPS) is 11.3. The van der Waals surface area contributed by atoms with Crippen LogP contribution in [0.1, 0.15) is 6.92 Å². The maximum Gasteiger partial charge on any atom is 0.0455 e. The molecular weight excluding hydrogens is 110 g/mol. The van der Waals surface area contributed by atoms with E-state index in [-0.39, 0.29) is 0 Å². The van der Waals surface area contributed by atoms with Gasteiger partial charge in [-0.2, -0.15) is 0 Å². The lowest BCUT2D eigenvalue weighted by Gasteiger charge is -1.87. The minimum atomic E-state index is -1.80. The summed E-state index contributed by atoms with van der Waals surface area (Å²) in [5, 5.41) is 0. The van der Waals surface area contributed by atoms with E-state index in [0.29, 0.717) is 6.54 Å². The third kappa shape index (κ3) is 5.95. The van der Waals surface area contributed by atoms with Crippen LogP contribution in [0.2, 0.25) is 0 Å². The summed E-state index contributed by atoms with van der Waals surface area (Å²) in [5.41, 5.74) is 0. The topological polar surface area (TPSA) is 29.4 Å². The van der Waals surface area contributed by atoms with Crippen molar-refractivity contribution in [2.75, 3.05) is 19.1 Å². The Morgan fingerprint density at radius 3 is 2.00 bits per heavy atom. The fourth-order valence-corrected chi connectivity index (χ4v) is 0.933. The van der Waals surface area contributed by atoms with Crippen LogP contribution in [0.25, 0.3) is 0 Å². The van der Waals surface area contributed by atoms with Gasteiger partial charge in [0.05, 0.1) is 0 Å². The van der Waals surface area contributed by atoms with E-state index in [1.54, 1.807) is 12.5 Å². The summed E-state index contributed by atoms with van der Waals surface area (Å²) in [7, 11) is -1.80. The fourth-order valence-electron chi connectivity index (χ4n) is 0.311. The van der Waals surface area contributed by atoms with Crippen LogP contribution in [-0.4, -0.2) is 23.3 Å². The van der Waals surface area contributed by atoms with Crippen molar-refractivity contribution in [1.29, 1.82) is 0 Å². The molecule has 0 aliphatic rings. The maximum atomic E-state index is 10.6. The van der Waals surface area contributed by atoms with Gasteiger partial charge in [0, 0.05) is 28.8 Å². The molecule has 0 rings (SSSR count). The summed E-state index contributed by atoms with van der Waals surface area (Å²) in [6, 6.07) is 0. The molecule has 0 radical (unpaired) electrons. The van der Waals surface area contributed by atoms with Gasteiger partial charge in [0.15, 0.2) is 0 Å².